The second-order valence-corrected chi connectivity index (χ2v) is 4.16. The Bertz CT molecular complexity index is 576. The molecule has 4 heteroatoms. The molecule has 0 unspecified atom stereocenters. The topological polar surface area (TPSA) is 44.0 Å². The van der Waals surface area contributed by atoms with Gasteiger partial charge < -0.3 is 0 Å². The van der Waals surface area contributed by atoms with Crippen LogP contribution in [0, 0.1) is 0 Å². The van der Waals surface area contributed by atoms with Crippen molar-refractivity contribution in [3.05, 3.63) is 52.7 Å². The summed E-state index contributed by atoms with van der Waals surface area (Å²) < 4.78 is 3.22. The van der Waals surface area contributed by atoms with Crippen LogP contribution in [0.25, 0.3) is 5.69 Å². The highest BCUT2D eigenvalue weighted by Gasteiger charge is 2.07. The molecule has 88 valence electrons. The zero-order chi connectivity index (χ0) is 12.4. The van der Waals surface area contributed by atoms with E-state index in [1.165, 1.54) is 0 Å². The second kappa shape index (κ2) is 4.41. The first kappa shape index (κ1) is 11.4. The van der Waals surface area contributed by atoms with E-state index in [0.29, 0.717) is 5.56 Å². The van der Waals surface area contributed by atoms with E-state index < -0.39 is 0 Å². The van der Waals surface area contributed by atoms with Gasteiger partial charge in [-0.15, -0.1) is 0 Å². The normalized spacial score (nSPS) is 10.8. The minimum absolute atomic E-state index is 0.0705. The van der Waals surface area contributed by atoms with Gasteiger partial charge in [-0.25, -0.2) is 4.79 Å². The van der Waals surface area contributed by atoms with Crippen LogP contribution in [0.15, 0.2) is 41.5 Å². The molecule has 2 rings (SSSR count). The van der Waals surface area contributed by atoms with Crippen molar-refractivity contribution < 1.29 is 4.79 Å². The lowest BCUT2D eigenvalue weighted by Crippen LogP contribution is -2.24. The third-order valence-electron chi connectivity index (χ3n) is 2.67. The van der Waals surface area contributed by atoms with Gasteiger partial charge in [0, 0.05) is 24.0 Å². The number of carbonyl (C=O) groups is 1. The fourth-order valence-electron chi connectivity index (χ4n) is 1.69. The summed E-state index contributed by atoms with van der Waals surface area (Å²) in [6, 6.07) is 7.05. The highest BCUT2D eigenvalue weighted by Crippen LogP contribution is 2.08. The first-order valence-electron chi connectivity index (χ1n) is 5.48. The third kappa shape index (κ3) is 2.06. The van der Waals surface area contributed by atoms with Gasteiger partial charge in [0.2, 0.25) is 0 Å². The van der Waals surface area contributed by atoms with Gasteiger partial charge in [0.25, 0.3) is 0 Å². The monoisotopic (exact) mass is 230 g/mol. The SMILES string of the molecule is CC(C)n1ccn(-c2ccc(C=O)cc2)c1=O. The molecule has 1 heterocycles. The molecule has 0 aliphatic heterocycles. The van der Waals surface area contributed by atoms with Crippen molar-refractivity contribution in [2.24, 2.45) is 0 Å². The van der Waals surface area contributed by atoms with E-state index >= 15 is 0 Å². The maximum absolute atomic E-state index is 12.0. The number of hydrogen-bond donors (Lipinski definition) is 0. The Labute approximate surface area is 99.1 Å². The average Bonchev–Trinajstić information content (AvgIpc) is 2.71. The quantitative estimate of drug-likeness (QED) is 0.757. The van der Waals surface area contributed by atoms with Gasteiger partial charge in [-0.05, 0) is 38.1 Å². The van der Waals surface area contributed by atoms with Gasteiger partial charge in [0.05, 0.1) is 5.69 Å². The third-order valence-corrected chi connectivity index (χ3v) is 2.67. The Balaban J connectivity index is 2.46. The maximum atomic E-state index is 12.0. The molecule has 17 heavy (non-hydrogen) atoms. The van der Waals surface area contributed by atoms with E-state index in [4.69, 9.17) is 0 Å². The van der Waals surface area contributed by atoms with Gasteiger partial charge in [0.15, 0.2) is 0 Å². The molecule has 0 amide bonds. The molecule has 2 aromatic rings. The number of aldehydes is 1. The molecule has 1 aromatic carbocycles. The standard InChI is InChI=1S/C13H14N2O2/c1-10(2)14-7-8-15(13(14)17)12-5-3-11(9-16)4-6-12/h3-10H,1-2H3. The van der Waals surface area contributed by atoms with Crippen molar-refractivity contribution in [1.82, 2.24) is 9.13 Å². The first-order chi connectivity index (χ1) is 8.13. The van der Waals surface area contributed by atoms with Gasteiger partial charge in [0.1, 0.15) is 6.29 Å². The second-order valence-electron chi connectivity index (χ2n) is 4.16. The van der Waals surface area contributed by atoms with Crippen LogP contribution < -0.4 is 5.69 Å². The summed E-state index contributed by atoms with van der Waals surface area (Å²) in [6.07, 6.45) is 4.28. The molecular formula is C13H14N2O2. The molecule has 0 aliphatic rings. The zero-order valence-corrected chi connectivity index (χ0v) is 9.83. The lowest BCUT2D eigenvalue weighted by Gasteiger charge is -2.05. The lowest BCUT2D eigenvalue weighted by molar-refractivity contribution is 0.112. The largest absolute Gasteiger partial charge is 0.332 e. The van der Waals surface area contributed by atoms with Crippen molar-refractivity contribution in [2.45, 2.75) is 19.9 Å². The highest BCUT2D eigenvalue weighted by atomic mass is 16.1. The lowest BCUT2D eigenvalue weighted by atomic mass is 10.2. The Morgan fingerprint density at radius 1 is 1.12 bits per heavy atom. The summed E-state index contributed by atoms with van der Waals surface area (Å²) in [6.45, 7) is 3.92. The average molecular weight is 230 g/mol. The Hall–Kier alpha value is -2.10. The summed E-state index contributed by atoms with van der Waals surface area (Å²) in [4.78, 5) is 22.6. The predicted octanol–water partition coefficient (Wildman–Crippen LogP) is 2.03. The molecule has 0 spiro atoms. The zero-order valence-electron chi connectivity index (χ0n) is 9.83. The van der Waals surface area contributed by atoms with Gasteiger partial charge in [-0.3, -0.25) is 13.9 Å². The Morgan fingerprint density at radius 3 is 2.24 bits per heavy atom. The van der Waals surface area contributed by atoms with Crippen LogP contribution in [0.2, 0.25) is 0 Å². The molecule has 0 saturated heterocycles. The first-order valence-corrected chi connectivity index (χ1v) is 5.48. The molecule has 0 aliphatic carbocycles. The van der Waals surface area contributed by atoms with Crippen LogP contribution in [0.3, 0.4) is 0 Å². The van der Waals surface area contributed by atoms with Crippen LogP contribution in [0.5, 0.6) is 0 Å². The van der Waals surface area contributed by atoms with Crippen molar-refractivity contribution in [2.75, 3.05) is 0 Å². The van der Waals surface area contributed by atoms with Gasteiger partial charge in [-0.2, -0.15) is 0 Å². The van der Waals surface area contributed by atoms with Crippen LogP contribution >= 0.6 is 0 Å². The molecule has 0 bridgehead atoms. The number of imidazole rings is 1. The smallest absolute Gasteiger partial charge is 0.298 e. The van der Waals surface area contributed by atoms with E-state index in [2.05, 4.69) is 0 Å². The molecule has 4 nitrogen and oxygen atoms in total. The minimum Gasteiger partial charge on any atom is -0.298 e. The highest BCUT2D eigenvalue weighted by molar-refractivity contribution is 5.75. The molecule has 0 atom stereocenters. The van der Waals surface area contributed by atoms with Crippen LogP contribution in [0.1, 0.15) is 30.2 Å². The molecule has 0 fully saturated rings. The molecule has 0 N–H and O–H groups in total. The number of benzene rings is 1. The van der Waals surface area contributed by atoms with Gasteiger partial charge in [-0.1, -0.05) is 0 Å². The summed E-state index contributed by atoms with van der Waals surface area (Å²) in [5, 5.41) is 0. The number of hydrogen-bond acceptors (Lipinski definition) is 2. The molecule has 0 saturated carbocycles. The van der Waals surface area contributed by atoms with Crippen molar-refractivity contribution in [3.63, 3.8) is 0 Å². The van der Waals surface area contributed by atoms with E-state index in [9.17, 15) is 9.59 Å². The van der Waals surface area contributed by atoms with Crippen molar-refractivity contribution >= 4 is 6.29 Å². The summed E-state index contributed by atoms with van der Waals surface area (Å²) in [5.74, 6) is 0. The van der Waals surface area contributed by atoms with Crippen LogP contribution in [-0.4, -0.2) is 15.4 Å². The number of aromatic nitrogens is 2. The minimum atomic E-state index is -0.0705. The van der Waals surface area contributed by atoms with E-state index in [1.54, 1.807) is 45.8 Å². The van der Waals surface area contributed by atoms with Crippen molar-refractivity contribution in [3.8, 4) is 5.69 Å². The van der Waals surface area contributed by atoms with Crippen LogP contribution in [-0.2, 0) is 0 Å². The Kier molecular flexibility index (Phi) is 2.95. The molecule has 1 aromatic heterocycles. The summed E-state index contributed by atoms with van der Waals surface area (Å²) >= 11 is 0. The number of nitrogens with zero attached hydrogens (tertiary/aromatic N) is 2. The van der Waals surface area contributed by atoms with Crippen molar-refractivity contribution in [1.29, 1.82) is 0 Å². The van der Waals surface area contributed by atoms with Crippen LogP contribution in [0.4, 0.5) is 0 Å². The summed E-state index contributed by atoms with van der Waals surface area (Å²) in [7, 11) is 0. The number of carbonyl (C=O) groups excluding carboxylic acids is 1. The van der Waals surface area contributed by atoms with E-state index in [0.717, 1.165) is 12.0 Å². The van der Waals surface area contributed by atoms with E-state index in [-0.39, 0.29) is 11.7 Å². The Morgan fingerprint density at radius 2 is 1.76 bits per heavy atom. The maximum Gasteiger partial charge on any atom is 0.332 e. The fourth-order valence-corrected chi connectivity index (χ4v) is 1.69. The fraction of sp³-hybridized carbons (Fsp3) is 0.231. The van der Waals surface area contributed by atoms with E-state index in [1.807, 2.05) is 13.8 Å². The molecular weight excluding hydrogens is 216 g/mol. The summed E-state index contributed by atoms with van der Waals surface area (Å²) in [5.41, 5.74) is 1.30. The van der Waals surface area contributed by atoms with Gasteiger partial charge >= 0.3 is 5.69 Å². The molecule has 0 radical (unpaired) electrons. The number of rotatable bonds is 3. The predicted molar refractivity (Wildman–Crippen MR) is 65.8 cm³/mol.